The number of aliphatic hydroxyl groups excluding tert-OH is 2. The van der Waals surface area contributed by atoms with E-state index in [1.165, 1.54) is 0 Å². The fourth-order valence-corrected chi connectivity index (χ4v) is 3.82. The number of nitrogens with zero attached hydrogens (tertiary/aromatic N) is 1. The molecule has 6 N–H and O–H groups in total. The van der Waals surface area contributed by atoms with Gasteiger partial charge in [0.1, 0.15) is 23.3 Å². The third-order valence-corrected chi connectivity index (χ3v) is 5.57. The van der Waals surface area contributed by atoms with Crippen molar-refractivity contribution in [1.29, 1.82) is 0 Å². The molecule has 1 aromatic heterocycles. The van der Waals surface area contributed by atoms with Crippen LogP contribution >= 0.6 is 27.2 Å². The predicted octanol–water partition coefficient (Wildman–Crippen LogP) is -1.96. The van der Waals surface area contributed by atoms with Crippen LogP contribution in [0.1, 0.15) is 6.23 Å². The van der Waals surface area contributed by atoms with Gasteiger partial charge in [0.05, 0.1) is 6.61 Å². The van der Waals surface area contributed by atoms with E-state index in [9.17, 15) is 28.9 Å². The number of halogens is 1. The molecule has 0 saturated carbocycles. The first-order valence-corrected chi connectivity index (χ1v) is 9.98. The topological polar surface area (TPSA) is 218 Å². The highest BCUT2D eigenvalue weighted by molar-refractivity contribution is 7.60. The molecule has 5 atom stereocenters. The maximum Gasteiger partial charge on any atom is 0.481 e. The van der Waals surface area contributed by atoms with Gasteiger partial charge in [-0.1, -0.05) is 11.6 Å². The van der Waals surface area contributed by atoms with Gasteiger partial charge >= 0.3 is 21.3 Å². The Balaban J connectivity index is 2.14. The Morgan fingerprint density at radius 3 is 2.42 bits per heavy atom. The summed E-state index contributed by atoms with van der Waals surface area (Å²) in [5, 5.41) is 19.4. The summed E-state index contributed by atoms with van der Waals surface area (Å²) in [6, 6.07) is 0. The molecule has 0 amide bonds. The van der Waals surface area contributed by atoms with E-state index in [0.29, 0.717) is 4.57 Å². The molecule has 0 aromatic carbocycles. The Labute approximate surface area is 148 Å². The Morgan fingerprint density at radius 1 is 1.23 bits per heavy atom. The van der Waals surface area contributed by atoms with Gasteiger partial charge in [-0.25, -0.2) is 13.9 Å². The highest BCUT2D eigenvalue weighted by atomic mass is 35.5. The van der Waals surface area contributed by atoms with Gasteiger partial charge in [-0.2, -0.15) is 4.31 Å². The number of ether oxygens (including phenoxy) is 1. The first-order valence-electron chi connectivity index (χ1n) is 6.57. The second kappa shape index (κ2) is 7.62. The zero-order valence-corrected chi connectivity index (χ0v) is 15.0. The molecule has 1 saturated heterocycles. The van der Waals surface area contributed by atoms with Crippen LogP contribution in [-0.4, -0.2) is 59.4 Å². The fraction of sp³-hybridized carbons (Fsp3) is 0.556. The van der Waals surface area contributed by atoms with Crippen LogP contribution in [0.4, 0.5) is 0 Å². The fourth-order valence-electron chi connectivity index (χ4n) is 2.07. The lowest BCUT2D eigenvalue weighted by Gasteiger charge is -2.18. The van der Waals surface area contributed by atoms with Crippen molar-refractivity contribution in [1.82, 2.24) is 9.55 Å². The maximum absolute atomic E-state index is 11.8. The Morgan fingerprint density at radius 2 is 1.85 bits per heavy atom. The summed E-state index contributed by atoms with van der Waals surface area (Å²) >= 11 is 5.58. The molecule has 26 heavy (non-hydrogen) atoms. The SMILES string of the molecule is O=c1[nH]c(=O)n([C@@H]2O[C@H](COP(=O)(O)OP(=O)(O)O)[C@@H](O)[C@H]2O)cc1Cl. The number of phosphoric ester groups is 1. The largest absolute Gasteiger partial charge is 0.481 e. The molecular weight excluding hydrogens is 426 g/mol. The number of hydrogen-bond donors (Lipinski definition) is 6. The third-order valence-electron chi connectivity index (χ3n) is 3.15. The number of hydrogen-bond acceptors (Lipinski definition) is 9. The van der Waals surface area contributed by atoms with Gasteiger partial charge < -0.3 is 29.6 Å². The minimum atomic E-state index is -5.34. The van der Waals surface area contributed by atoms with Gasteiger partial charge in [-0.15, -0.1) is 0 Å². The van der Waals surface area contributed by atoms with Gasteiger partial charge in [-0.3, -0.25) is 18.9 Å². The molecule has 1 aliphatic rings. The molecule has 148 valence electrons. The molecule has 2 heterocycles. The van der Waals surface area contributed by atoms with Crippen LogP contribution < -0.4 is 11.2 Å². The summed E-state index contributed by atoms with van der Waals surface area (Å²) in [7, 11) is -10.5. The van der Waals surface area contributed by atoms with E-state index in [1.807, 2.05) is 4.98 Å². The predicted molar refractivity (Wildman–Crippen MR) is 81.2 cm³/mol. The first kappa shape index (κ1) is 21.4. The molecule has 1 aliphatic heterocycles. The summed E-state index contributed by atoms with van der Waals surface area (Å²) in [6.45, 7) is -0.936. The lowest BCUT2D eigenvalue weighted by Crippen LogP contribution is -2.38. The van der Waals surface area contributed by atoms with Crippen molar-refractivity contribution >= 4 is 27.2 Å². The van der Waals surface area contributed by atoms with Gasteiger partial charge in [0.2, 0.25) is 0 Å². The second-order valence-corrected chi connectivity index (χ2v) is 8.26. The normalized spacial score (nSPS) is 28.8. The Bertz CT molecular complexity index is 878. The zero-order valence-electron chi connectivity index (χ0n) is 12.4. The molecule has 1 fully saturated rings. The third kappa shape index (κ3) is 5.09. The smallest absolute Gasteiger partial charge is 0.387 e. The average molecular weight is 439 g/mol. The van der Waals surface area contributed by atoms with E-state index >= 15 is 0 Å². The standard InChI is InChI=1S/C9H13ClN2O12P2/c10-3-1-12(9(16)11-7(3)15)8-6(14)5(13)4(23-8)2-22-26(20,21)24-25(17,18)19/h1,4-6,8,13-14H,2H2,(H,20,21)(H,11,15,16)(H2,17,18,19)/t4-,5-,6-,8-/m1/s1. The molecule has 1 unspecified atom stereocenters. The van der Waals surface area contributed by atoms with Gasteiger partial charge in [0.25, 0.3) is 5.56 Å². The van der Waals surface area contributed by atoms with Crippen LogP contribution in [0.2, 0.25) is 5.02 Å². The van der Waals surface area contributed by atoms with Crippen molar-refractivity contribution in [3.8, 4) is 0 Å². The molecule has 14 nitrogen and oxygen atoms in total. The van der Waals surface area contributed by atoms with E-state index in [4.69, 9.17) is 31.0 Å². The maximum atomic E-state index is 11.8. The van der Waals surface area contributed by atoms with Crippen molar-refractivity contribution in [2.45, 2.75) is 24.5 Å². The minimum absolute atomic E-state index is 0.413. The number of aromatic nitrogens is 2. The van der Waals surface area contributed by atoms with Gasteiger partial charge in [0, 0.05) is 6.20 Å². The summed E-state index contributed by atoms with van der Waals surface area (Å²) in [6.07, 6.45) is -5.65. The van der Waals surface area contributed by atoms with E-state index in [0.717, 1.165) is 6.20 Å². The van der Waals surface area contributed by atoms with Crippen LogP contribution in [0.15, 0.2) is 15.8 Å². The quantitative estimate of drug-likeness (QED) is 0.266. The van der Waals surface area contributed by atoms with Crippen molar-refractivity contribution < 1.29 is 47.6 Å². The number of aliphatic hydroxyl groups is 2. The van der Waals surface area contributed by atoms with Gasteiger partial charge in [0.15, 0.2) is 6.23 Å². The molecule has 0 radical (unpaired) electrons. The summed E-state index contributed by atoms with van der Waals surface area (Å²) in [5.41, 5.74) is -1.91. The number of H-pyrrole nitrogens is 1. The summed E-state index contributed by atoms with van der Waals surface area (Å²) in [5.74, 6) is 0. The van der Waals surface area contributed by atoms with Crippen LogP contribution in [-0.2, 0) is 22.7 Å². The van der Waals surface area contributed by atoms with Crippen LogP contribution in [0.5, 0.6) is 0 Å². The van der Waals surface area contributed by atoms with Gasteiger partial charge in [-0.05, 0) is 0 Å². The Kier molecular flexibility index (Phi) is 6.27. The van der Waals surface area contributed by atoms with E-state index in [-0.39, 0.29) is 0 Å². The van der Waals surface area contributed by atoms with E-state index in [1.54, 1.807) is 0 Å². The molecule has 0 aliphatic carbocycles. The molecule has 0 bridgehead atoms. The average Bonchev–Trinajstić information content (AvgIpc) is 2.75. The first-order chi connectivity index (χ1) is 11.8. The molecule has 1 aromatic rings. The second-order valence-electron chi connectivity index (χ2n) is 5.03. The lowest BCUT2D eigenvalue weighted by atomic mass is 10.1. The number of nitrogens with one attached hydrogen (secondary N) is 1. The monoisotopic (exact) mass is 438 g/mol. The lowest BCUT2D eigenvalue weighted by molar-refractivity contribution is -0.0542. The minimum Gasteiger partial charge on any atom is -0.387 e. The summed E-state index contributed by atoms with van der Waals surface area (Å²) < 4.78 is 35.6. The number of phosphoric acid groups is 2. The van der Waals surface area contributed by atoms with Crippen molar-refractivity contribution in [2.24, 2.45) is 0 Å². The van der Waals surface area contributed by atoms with Crippen molar-refractivity contribution in [3.63, 3.8) is 0 Å². The zero-order chi connectivity index (χ0) is 19.9. The Hall–Kier alpha value is -0.890. The van der Waals surface area contributed by atoms with E-state index < -0.39 is 63.1 Å². The molecule has 0 spiro atoms. The highest BCUT2D eigenvalue weighted by Crippen LogP contribution is 2.57. The highest BCUT2D eigenvalue weighted by Gasteiger charge is 2.45. The number of rotatable bonds is 6. The summed E-state index contributed by atoms with van der Waals surface area (Å²) in [4.78, 5) is 51.0. The molecular formula is C9H13ClN2O12P2. The molecule has 2 rings (SSSR count). The van der Waals surface area contributed by atoms with Crippen LogP contribution in [0.25, 0.3) is 0 Å². The van der Waals surface area contributed by atoms with Crippen LogP contribution in [0.3, 0.4) is 0 Å². The van der Waals surface area contributed by atoms with Crippen LogP contribution in [0, 0.1) is 0 Å². The van der Waals surface area contributed by atoms with E-state index in [2.05, 4.69) is 8.83 Å². The molecule has 17 heteroatoms. The van der Waals surface area contributed by atoms with Crippen molar-refractivity contribution in [2.75, 3.05) is 6.61 Å². The van der Waals surface area contributed by atoms with Crippen molar-refractivity contribution in [3.05, 3.63) is 32.1 Å². The number of aromatic amines is 1.